The minimum atomic E-state index is -4.65. The maximum atomic E-state index is 12.8. The Morgan fingerprint density at radius 3 is 1.04 bits per heavy atom. The molecule has 0 aromatic rings. The van der Waals surface area contributed by atoms with Crippen molar-refractivity contribution in [2.75, 3.05) is 47.5 Å². The van der Waals surface area contributed by atoms with Gasteiger partial charge in [-0.15, -0.1) is 0 Å². The molecule has 472 valence electrons. The molecule has 10 heteroatoms. The lowest BCUT2D eigenvalue weighted by Crippen LogP contribution is -2.37. The standard InChI is InChI=1S/C72H126NO8P/c1-6-8-10-12-14-16-18-20-22-24-26-28-30-32-33-34-35-36-37-38-39-41-42-44-46-48-50-52-54-56-58-60-62-64-71(74)78-68-70(69-80-82(76,77)79-67-66-73(3,4)5)81-72(75)65-63-61-59-57-55-53-51-49-47-45-43-40-31-29-27-25-23-21-19-17-15-13-11-9-7-2/h9,11,15,17-18,20-21,23-24,26-27,29-30,32,40,43,47,49,70H,6-8,10,12-14,16,19,22,25,28,31,33-39,41-42,44-46,48,50-69H2,1-5H3/b11-9-,17-15-,20-18-,23-21-,26-24-,29-27-,32-30-,43-40-,49-47-. The second kappa shape index (κ2) is 62.2. The van der Waals surface area contributed by atoms with Crippen LogP contribution in [0.25, 0.3) is 0 Å². The molecule has 0 aliphatic rings. The fourth-order valence-corrected chi connectivity index (χ4v) is 9.87. The predicted octanol–water partition coefficient (Wildman–Crippen LogP) is 21.1. The van der Waals surface area contributed by atoms with Gasteiger partial charge in [-0.05, 0) is 103 Å². The smallest absolute Gasteiger partial charge is 0.306 e. The number of quaternary nitrogens is 1. The highest BCUT2D eigenvalue weighted by atomic mass is 31.2. The number of ether oxygens (including phenoxy) is 2. The highest BCUT2D eigenvalue weighted by Crippen LogP contribution is 2.38. The van der Waals surface area contributed by atoms with Crippen molar-refractivity contribution in [3.8, 4) is 0 Å². The van der Waals surface area contributed by atoms with Gasteiger partial charge in [0, 0.05) is 12.8 Å². The van der Waals surface area contributed by atoms with Crippen molar-refractivity contribution in [3.05, 3.63) is 109 Å². The number of carbonyl (C=O) groups excluding carboxylic acids is 2. The fourth-order valence-electron chi connectivity index (χ4n) is 9.14. The lowest BCUT2D eigenvalue weighted by atomic mass is 10.0. The minimum absolute atomic E-state index is 0.0385. The molecule has 0 radical (unpaired) electrons. The molecule has 0 aliphatic carbocycles. The molecule has 0 heterocycles. The molecule has 2 unspecified atom stereocenters. The van der Waals surface area contributed by atoms with E-state index in [0.29, 0.717) is 17.4 Å². The first-order valence-electron chi connectivity index (χ1n) is 33.6. The van der Waals surface area contributed by atoms with Crippen molar-refractivity contribution in [2.24, 2.45) is 0 Å². The van der Waals surface area contributed by atoms with Crippen LogP contribution in [0.15, 0.2) is 109 Å². The summed E-state index contributed by atoms with van der Waals surface area (Å²) in [4.78, 5) is 38.0. The summed E-state index contributed by atoms with van der Waals surface area (Å²) in [7, 11) is 1.15. The molecule has 2 atom stereocenters. The van der Waals surface area contributed by atoms with E-state index in [0.717, 1.165) is 109 Å². The Labute approximate surface area is 506 Å². The van der Waals surface area contributed by atoms with Gasteiger partial charge in [0.05, 0.1) is 27.7 Å². The number of likely N-dealkylation sites (N-methyl/N-ethyl adjacent to an activating group) is 1. The molecule has 0 N–H and O–H groups in total. The van der Waals surface area contributed by atoms with E-state index in [1.54, 1.807) is 0 Å². The molecular weight excluding hydrogens is 1040 g/mol. The first-order chi connectivity index (χ1) is 40.0. The normalized spacial score (nSPS) is 13.9. The first kappa shape index (κ1) is 78.7. The molecule has 0 bridgehead atoms. The van der Waals surface area contributed by atoms with E-state index in [2.05, 4.69) is 123 Å². The third-order valence-electron chi connectivity index (χ3n) is 14.3. The summed E-state index contributed by atoms with van der Waals surface area (Å²) in [5.41, 5.74) is 0. The summed E-state index contributed by atoms with van der Waals surface area (Å²) in [5, 5.41) is 0. The zero-order valence-electron chi connectivity index (χ0n) is 53.7. The van der Waals surface area contributed by atoms with Gasteiger partial charge in [0.1, 0.15) is 19.8 Å². The number of carbonyl (C=O) groups is 2. The zero-order chi connectivity index (χ0) is 59.8. The Morgan fingerprint density at radius 1 is 0.390 bits per heavy atom. The molecule has 0 spiro atoms. The number of allylic oxidation sites excluding steroid dienone is 18. The number of phosphoric acid groups is 1. The highest BCUT2D eigenvalue weighted by Gasteiger charge is 2.22. The van der Waals surface area contributed by atoms with Gasteiger partial charge in [-0.25, -0.2) is 0 Å². The summed E-state index contributed by atoms with van der Waals surface area (Å²) < 4.78 is 34.3. The molecule has 82 heavy (non-hydrogen) atoms. The molecule has 0 fully saturated rings. The van der Waals surface area contributed by atoms with Crippen LogP contribution in [-0.2, 0) is 32.7 Å². The lowest BCUT2D eigenvalue weighted by molar-refractivity contribution is -0.870. The van der Waals surface area contributed by atoms with Gasteiger partial charge in [0.2, 0.25) is 0 Å². The first-order valence-corrected chi connectivity index (χ1v) is 35.1. The second-order valence-electron chi connectivity index (χ2n) is 23.5. The SMILES string of the molecule is CC/C=C\C/C=C\C/C=C\C/C=C\C/C=C\C/C=C\CCCCCCCCC(=O)OC(COC(=O)CCCCCCCCCCCCCCCCCCCC/C=C\C/C=C\C/C=C\CCCCCCC)COP(=O)([O-])OCC[N+](C)(C)C. The largest absolute Gasteiger partial charge is 0.756 e. The van der Waals surface area contributed by atoms with Crippen LogP contribution in [0.4, 0.5) is 0 Å². The molecule has 0 rings (SSSR count). The van der Waals surface area contributed by atoms with Crippen LogP contribution in [0.1, 0.15) is 284 Å². The van der Waals surface area contributed by atoms with Gasteiger partial charge >= 0.3 is 11.9 Å². The summed E-state index contributed by atoms with van der Waals surface area (Å²) in [6.45, 7) is 4.11. The van der Waals surface area contributed by atoms with Crippen LogP contribution in [0.2, 0.25) is 0 Å². The van der Waals surface area contributed by atoms with Gasteiger partial charge in [-0.1, -0.05) is 277 Å². The summed E-state index contributed by atoms with van der Waals surface area (Å²) >= 11 is 0. The van der Waals surface area contributed by atoms with Crippen LogP contribution in [0.3, 0.4) is 0 Å². The third kappa shape index (κ3) is 65.8. The topological polar surface area (TPSA) is 111 Å². The molecular formula is C72H126NO8P. The zero-order valence-corrected chi connectivity index (χ0v) is 54.6. The van der Waals surface area contributed by atoms with Crippen molar-refractivity contribution in [2.45, 2.75) is 290 Å². The number of unbranched alkanes of at least 4 members (excludes halogenated alkanes) is 29. The Hall–Kier alpha value is -3.33. The van der Waals surface area contributed by atoms with Crippen LogP contribution in [0, 0.1) is 0 Å². The van der Waals surface area contributed by atoms with Crippen LogP contribution in [-0.4, -0.2) is 70.0 Å². The van der Waals surface area contributed by atoms with Gasteiger partial charge in [0.15, 0.2) is 6.10 Å². The Kier molecular flexibility index (Phi) is 59.7. The van der Waals surface area contributed by atoms with Crippen molar-refractivity contribution >= 4 is 19.8 Å². The molecule has 0 aromatic carbocycles. The minimum Gasteiger partial charge on any atom is -0.756 e. The van der Waals surface area contributed by atoms with Crippen molar-refractivity contribution in [1.29, 1.82) is 0 Å². The number of nitrogens with zero attached hydrogens (tertiary/aromatic N) is 1. The monoisotopic (exact) mass is 1160 g/mol. The van der Waals surface area contributed by atoms with E-state index in [1.807, 2.05) is 21.1 Å². The average molecular weight is 1160 g/mol. The number of hydrogen-bond acceptors (Lipinski definition) is 8. The third-order valence-corrected chi connectivity index (χ3v) is 15.2. The quantitative estimate of drug-likeness (QED) is 0.0195. The highest BCUT2D eigenvalue weighted by molar-refractivity contribution is 7.45. The van der Waals surface area contributed by atoms with E-state index in [-0.39, 0.29) is 32.0 Å². The summed E-state index contributed by atoms with van der Waals surface area (Å²) in [6, 6.07) is 0. The predicted molar refractivity (Wildman–Crippen MR) is 351 cm³/mol. The van der Waals surface area contributed by atoms with Crippen molar-refractivity contribution in [1.82, 2.24) is 0 Å². The van der Waals surface area contributed by atoms with Crippen LogP contribution >= 0.6 is 7.82 Å². The number of phosphoric ester groups is 1. The van der Waals surface area contributed by atoms with E-state index in [4.69, 9.17) is 18.5 Å². The maximum Gasteiger partial charge on any atom is 0.306 e. The fraction of sp³-hybridized carbons (Fsp3) is 0.722. The van der Waals surface area contributed by atoms with Gasteiger partial charge in [0.25, 0.3) is 7.82 Å². The molecule has 0 saturated heterocycles. The van der Waals surface area contributed by atoms with Crippen molar-refractivity contribution < 1.29 is 42.1 Å². The maximum absolute atomic E-state index is 12.8. The molecule has 0 saturated carbocycles. The van der Waals surface area contributed by atoms with E-state index in [1.165, 1.54) is 141 Å². The Morgan fingerprint density at radius 2 is 0.695 bits per heavy atom. The van der Waals surface area contributed by atoms with Crippen LogP contribution < -0.4 is 4.89 Å². The summed E-state index contributed by atoms with van der Waals surface area (Å²) in [5.74, 6) is -0.848. The number of hydrogen-bond donors (Lipinski definition) is 0. The number of esters is 2. The van der Waals surface area contributed by atoms with Crippen LogP contribution in [0.5, 0.6) is 0 Å². The average Bonchev–Trinajstić information content (AvgIpc) is 3.46. The van der Waals surface area contributed by atoms with Crippen molar-refractivity contribution in [3.63, 3.8) is 0 Å². The van der Waals surface area contributed by atoms with E-state index >= 15 is 0 Å². The van der Waals surface area contributed by atoms with E-state index in [9.17, 15) is 19.0 Å². The number of rotatable bonds is 61. The molecule has 0 aliphatic heterocycles. The van der Waals surface area contributed by atoms with Gasteiger partial charge in [-0.3, -0.25) is 14.2 Å². The lowest BCUT2D eigenvalue weighted by Gasteiger charge is -2.28. The summed E-state index contributed by atoms with van der Waals surface area (Å²) in [6.07, 6.45) is 87.3. The Balaban J connectivity index is 4.09. The van der Waals surface area contributed by atoms with Gasteiger partial charge in [-0.2, -0.15) is 0 Å². The Bertz CT molecular complexity index is 1750. The second-order valence-corrected chi connectivity index (χ2v) is 24.9. The molecule has 0 aromatic heterocycles. The molecule has 0 amide bonds. The van der Waals surface area contributed by atoms with Gasteiger partial charge < -0.3 is 27.9 Å². The van der Waals surface area contributed by atoms with E-state index < -0.39 is 26.5 Å². The molecule has 9 nitrogen and oxygen atoms in total.